The van der Waals surface area contributed by atoms with Crippen LogP contribution >= 0.6 is 11.6 Å². The van der Waals surface area contributed by atoms with Crippen molar-refractivity contribution in [3.63, 3.8) is 0 Å². The van der Waals surface area contributed by atoms with E-state index in [4.69, 9.17) is 11.6 Å². The Bertz CT molecular complexity index is 1050. The molecule has 1 aliphatic rings. The van der Waals surface area contributed by atoms with E-state index < -0.39 is 0 Å². The first-order valence-corrected chi connectivity index (χ1v) is 10.8. The molecule has 4 heteroatoms. The number of carbonyl (C=O) groups is 1. The van der Waals surface area contributed by atoms with Crippen LogP contribution in [-0.2, 0) is 4.79 Å². The summed E-state index contributed by atoms with van der Waals surface area (Å²) in [4.78, 5) is 13.3. The van der Waals surface area contributed by atoms with E-state index in [1.54, 1.807) is 0 Å². The Labute approximate surface area is 190 Å². The van der Waals surface area contributed by atoms with Crippen LogP contribution in [0.2, 0.25) is 5.02 Å². The van der Waals surface area contributed by atoms with Gasteiger partial charge in [-0.05, 0) is 47.2 Å². The van der Waals surface area contributed by atoms with Crippen LogP contribution in [0.1, 0.15) is 47.1 Å². The number of nitrogens with zero attached hydrogens (tertiary/aromatic N) is 2. The molecule has 1 aliphatic carbocycles. The van der Waals surface area contributed by atoms with Crippen molar-refractivity contribution in [2.75, 3.05) is 0 Å². The lowest BCUT2D eigenvalue weighted by Crippen LogP contribution is -2.28. The van der Waals surface area contributed by atoms with E-state index >= 15 is 0 Å². The summed E-state index contributed by atoms with van der Waals surface area (Å²) in [5.41, 5.74) is 4.19. The first-order chi connectivity index (χ1) is 14.5. The first-order valence-electron chi connectivity index (χ1n) is 10.4. The van der Waals surface area contributed by atoms with Gasteiger partial charge in [0, 0.05) is 27.3 Å². The molecular formula is C27H29ClN2O. The average Bonchev–Trinajstić information content (AvgIpc) is 2.69. The van der Waals surface area contributed by atoms with Gasteiger partial charge in [0.2, 0.25) is 0 Å². The molecule has 0 saturated heterocycles. The van der Waals surface area contributed by atoms with E-state index in [-0.39, 0.29) is 16.6 Å². The number of Topliss-reactive ketones (excluding diaryl/α,β-unsaturated/α-hetero) is 1. The SMILES string of the molecule is CC(C)(C)C1=CC(=C(N=Nc2ccccc2)c2ccc(Cl)cc2)C=C(C(C)(C)C)C1=O. The third-order valence-corrected chi connectivity index (χ3v) is 5.37. The molecule has 0 bridgehead atoms. The third-order valence-electron chi connectivity index (χ3n) is 5.12. The van der Waals surface area contributed by atoms with Crippen molar-refractivity contribution in [3.8, 4) is 0 Å². The zero-order valence-electron chi connectivity index (χ0n) is 19.0. The molecule has 160 valence electrons. The fourth-order valence-corrected chi connectivity index (χ4v) is 3.50. The molecule has 0 unspecified atom stereocenters. The van der Waals surface area contributed by atoms with Crippen molar-refractivity contribution < 1.29 is 4.79 Å². The fourth-order valence-electron chi connectivity index (χ4n) is 3.37. The topological polar surface area (TPSA) is 41.8 Å². The highest BCUT2D eigenvalue weighted by Gasteiger charge is 2.34. The van der Waals surface area contributed by atoms with Crippen LogP contribution in [0.15, 0.2) is 93.7 Å². The summed E-state index contributed by atoms with van der Waals surface area (Å²) in [5, 5.41) is 9.76. The van der Waals surface area contributed by atoms with Crippen LogP contribution in [0, 0.1) is 10.8 Å². The number of azo groups is 1. The van der Waals surface area contributed by atoms with Gasteiger partial charge in [-0.15, -0.1) is 5.11 Å². The molecule has 0 spiro atoms. The summed E-state index contributed by atoms with van der Waals surface area (Å²) in [5.74, 6) is 0.0965. The number of ketones is 1. The molecule has 3 rings (SSSR count). The molecule has 2 aromatic carbocycles. The average molecular weight is 433 g/mol. The zero-order valence-corrected chi connectivity index (χ0v) is 19.8. The summed E-state index contributed by atoms with van der Waals surface area (Å²) in [6.07, 6.45) is 3.93. The number of benzene rings is 2. The van der Waals surface area contributed by atoms with E-state index in [0.29, 0.717) is 10.7 Å². The van der Waals surface area contributed by atoms with Gasteiger partial charge in [0.15, 0.2) is 5.78 Å². The van der Waals surface area contributed by atoms with Gasteiger partial charge in [0.25, 0.3) is 0 Å². The molecule has 0 saturated carbocycles. The van der Waals surface area contributed by atoms with Crippen LogP contribution in [-0.4, -0.2) is 5.78 Å². The molecule has 2 aromatic rings. The van der Waals surface area contributed by atoms with Gasteiger partial charge in [0.05, 0.1) is 5.69 Å². The molecular weight excluding hydrogens is 404 g/mol. The lowest BCUT2D eigenvalue weighted by Gasteiger charge is -2.31. The highest BCUT2D eigenvalue weighted by molar-refractivity contribution is 6.30. The predicted octanol–water partition coefficient (Wildman–Crippen LogP) is 8.36. The highest BCUT2D eigenvalue weighted by atomic mass is 35.5. The van der Waals surface area contributed by atoms with E-state index in [9.17, 15) is 4.79 Å². The summed E-state index contributed by atoms with van der Waals surface area (Å²) in [6, 6.07) is 17.2. The smallest absolute Gasteiger partial charge is 0.186 e. The molecule has 31 heavy (non-hydrogen) atoms. The Morgan fingerprint density at radius 2 is 1.29 bits per heavy atom. The molecule has 0 N–H and O–H groups in total. The van der Waals surface area contributed by atoms with Gasteiger partial charge in [0.1, 0.15) is 5.70 Å². The van der Waals surface area contributed by atoms with E-state index in [0.717, 1.165) is 28.0 Å². The van der Waals surface area contributed by atoms with Crippen LogP contribution in [0.4, 0.5) is 5.69 Å². The summed E-state index contributed by atoms with van der Waals surface area (Å²) in [6.45, 7) is 12.4. The van der Waals surface area contributed by atoms with Gasteiger partial charge >= 0.3 is 0 Å². The maximum atomic E-state index is 13.3. The van der Waals surface area contributed by atoms with Crippen molar-refractivity contribution >= 4 is 28.8 Å². The highest BCUT2D eigenvalue weighted by Crippen LogP contribution is 2.41. The summed E-state index contributed by atoms with van der Waals surface area (Å²) in [7, 11) is 0. The lowest BCUT2D eigenvalue weighted by molar-refractivity contribution is -0.114. The number of halogens is 1. The van der Waals surface area contributed by atoms with Crippen LogP contribution in [0.5, 0.6) is 0 Å². The Hall–Kier alpha value is -2.78. The summed E-state index contributed by atoms with van der Waals surface area (Å²) >= 11 is 6.12. The number of carbonyl (C=O) groups excluding carboxylic acids is 1. The van der Waals surface area contributed by atoms with Gasteiger partial charge in [-0.3, -0.25) is 4.79 Å². The van der Waals surface area contributed by atoms with Crippen LogP contribution in [0.25, 0.3) is 5.70 Å². The summed E-state index contributed by atoms with van der Waals surface area (Å²) < 4.78 is 0. The van der Waals surface area contributed by atoms with Crippen molar-refractivity contribution in [1.29, 1.82) is 0 Å². The number of allylic oxidation sites excluding steroid dienone is 5. The molecule has 3 nitrogen and oxygen atoms in total. The second-order valence-electron chi connectivity index (χ2n) is 9.79. The van der Waals surface area contributed by atoms with Crippen molar-refractivity contribution in [1.82, 2.24) is 0 Å². The molecule has 0 aliphatic heterocycles. The van der Waals surface area contributed by atoms with E-state index in [2.05, 4.69) is 51.8 Å². The molecule has 0 fully saturated rings. The minimum atomic E-state index is -0.297. The first kappa shape index (κ1) is 22.9. The minimum absolute atomic E-state index is 0.0965. The quantitative estimate of drug-likeness (QED) is 0.449. The van der Waals surface area contributed by atoms with Gasteiger partial charge in [-0.25, -0.2) is 0 Å². The van der Waals surface area contributed by atoms with Crippen molar-refractivity contribution in [2.24, 2.45) is 21.1 Å². The molecule has 0 radical (unpaired) electrons. The normalized spacial score (nSPS) is 15.2. The molecule has 0 heterocycles. The third kappa shape index (κ3) is 5.48. The lowest BCUT2D eigenvalue weighted by atomic mass is 9.71. The Morgan fingerprint density at radius 3 is 1.77 bits per heavy atom. The molecule has 0 aromatic heterocycles. The second-order valence-corrected chi connectivity index (χ2v) is 10.2. The van der Waals surface area contributed by atoms with Gasteiger partial charge in [-0.1, -0.05) is 83.5 Å². The maximum Gasteiger partial charge on any atom is 0.186 e. The Kier molecular flexibility index (Phi) is 6.47. The van der Waals surface area contributed by atoms with E-state index in [1.165, 1.54) is 0 Å². The minimum Gasteiger partial charge on any atom is -0.289 e. The predicted molar refractivity (Wildman–Crippen MR) is 129 cm³/mol. The van der Waals surface area contributed by atoms with Crippen LogP contribution in [0.3, 0.4) is 0 Å². The van der Waals surface area contributed by atoms with Crippen molar-refractivity contribution in [2.45, 2.75) is 41.5 Å². The van der Waals surface area contributed by atoms with E-state index in [1.807, 2.05) is 66.7 Å². The second kappa shape index (κ2) is 8.76. The monoisotopic (exact) mass is 432 g/mol. The molecule has 0 amide bonds. The fraction of sp³-hybridized carbons (Fsp3) is 0.296. The van der Waals surface area contributed by atoms with Gasteiger partial charge in [-0.2, -0.15) is 5.11 Å². The Morgan fingerprint density at radius 1 is 0.774 bits per heavy atom. The van der Waals surface area contributed by atoms with Gasteiger partial charge < -0.3 is 0 Å². The Balaban J connectivity index is 2.28. The zero-order chi connectivity index (χ0) is 22.8. The largest absolute Gasteiger partial charge is 0.289 e. The molecule has 0 atom stereocenters. The van der Waals surface area contributed by atoms with Crippen molar-refractivity contribution in [3.05, 3.63) is 94.1 Å². The standard InChI is InChI=1S/C27H29ClN2O/c1-26(2,3)22-16-19(17-23(25(22)31)27(4,5)6)24(18-12-14-20(28)15-13-18)30-29-21-10-8-7-9-11-21/h7-17H,1-6H3. The number of hydrogen-bond donors (Lipinski definition) is 0. The maximum absolute atomic E-state index is 13.3. The van der Waals surface area contributed by atoms with Crippen LogP contribution < -0.4 is 0 Å². The number of rotatable bonds is 3. The number of hydrogen-bond acceptors (Lipinski definition) is 3.